The molecule has 94 valence electrons. The van der Waals surface area contributed by atoms with E-state index in [2.05, 4.69) is 0 Å². The van der Waals surface area contributed by atoms with Crippen molar-refractivity contribution < 1.29 is 39.5 Å². The van der Waals surface area contributed by atoms with Gasteiger partial charge in [-0.05, 0) is 22.6 Å². The van der Waals surface area contributed by atoms with Crippen molar-refractivity contribution in [1.29, 1.82) is 0 Å². The Kier molecular flexibility index (Phi) is 2.77. The maximum atomic E-state index is 12.6. The molecule has 0 amide bonds. The first kappa shape index (κ1) is 13.9. The molecule has 0 spiro atoms. The second-order valence-corrected chi connectivity index (χ2v) is 4.00. The topological polar surface area (TPSA) is 0 Å². The Morgan fingerprint density at radius 2 is 1.00 bits per heavy atom. The van der Waals surface area contributed by atoms with Crippen molar-refractivity contribution in [2.45, 2.75) is 23.7 Å². The van der Waals surface area contributed by atoms with E-state index in [1.165, 1.54) is 0 Å². The highest BCUT2D eigenvalue weighted by molar-refractivity contribution is 14.1. The zero-order chi connectivity index (χ0) is 13.2. The normalized spacial score (nSPS) is 30.4. The molecule has 0 radical (unpaired) electrons. The standard InChI is InChI=1S/C6F9I/c7-1-2(16)4(10,11)6(14,15)5(12,13)3(1,8)9. The van der Waals surface area contributed by atoms with Gasteiger partial charge in [-0.25, -0.2) is 4.39 Å². The van der Waals surface area contributed by atoms with Crippen LogP contribution in [-0.2, 0) is 0 Å². The number of hydrogen-bond donors (Lipinski definition) is 0. The summed E-state index contributed by atoms with van der Waals surface area (Å²) in [7, 11) is 0. The molecule has 0 aliphatic heterocycles. The fourth-order valence-corrected chi connectivity index (χ4v) is 1.62. The van der Waals surface area contributed by atoms with Gasteiger partial charge in [0.15, 0.2) is 5.83 Å². The summed E-state index contributed by atoms with van der Waals surface area (Å²) >= 11 is 0.154. The molecule has 0 aromatic carbocycles. The molecule has 0 heterocycles. The summed E-state index contributed by atoms with van der Waals surface area (Å²) in [6.45, 7) is 0. The molecule has 0 aromatic rings. The van der Waals surface area contributed by atoms with Crippen molar-refractivity contribution in [2.75, 3.05) is 0 Å². The molecule has 0 aromatic heterocycles. The SMILES string of the molecule is FC1=C(I)C(F)(F)C(F)(F)C(F)(F)C1(F)F. The lowest BCUT2D eigenvalue weighted by Gasteiger charge is -2.40. The van der Waals surface area contributed by atoms with Crippen molar-refractivity contribution >= 4 is 22.6 Å². The van der Waals surface area contributed by atoms with E-state index in [1.54, 1.807) is 0 Å². The average molecular weight is 370 g/mol. The second kappa shape index (κ2) is 3.19. The number of halogens is 10. The van der Waals surface area contributed by atoms with Crippen LogP contribution in [0.4, 0.5) is 39.5 Å². The summed E-state index contributed by atoms with van der Waals surface area (Å²) in [4.78, 5) is 0. The summed E-state index contributed by atoms with van der Waals surface area (Å²) in [6.07, 6.45) is 0. The van der Waals surface area contributed by atoms with Crippen molar-refractivity contribution in [3.05, 3.63) is 9.41 Å². The van der Waals surface area contributed by atoms with Crippen LogP contribution in [-0.4, -0.2) is 23.7 Å². The Hall–Kier alpha value is -0.160. The molecule has 0 bridgehead atoms. The van der Waals surface area contributed by atoms with E-state index in [0.29, 0.717) is 0 Å². The monoisotopic (exact) mass is 370 g/mol. The Bertz CT molecular complexity index is 321. The number of allylic oxidation sites excluding steroid dienone is 2. The summed E-state index contributed by atoms with van der Waals surface area (Å²) in [5, 5.41) is 0. The van der Waals surface area contributed by atoms with Gasteiger partial charge in [0.2, 0.25) is 0 Å². The Morgan fingerprint density at radius 1 is 0.688 bits per heavy atom. The predicted octanol–water partition coefficient (Wildman–Crippen LogP) is 4.16. The van der Waals surface area contributed by atoms with E-state index >= 15 is 0 Å². The molecular weight excluding hydrogens is 370 g/mol. The van der Waals surface area contributed by atoms with Crippen LogP contribution in [0.25, 0.3) is 0 Å². The molecule has 0 saturated carbocycles. The van der Waals surface area contributed by atoms with Gasteiger partial charge in [0.05, 0.1) is 0 Å². The van der Waals surface area contributed by atoms with E-state index in [1.807, 2.05) is 0 Å². The van der Waals surface area contributed by atoms with Crippen LogP contribution in [0, 0.1) is 0 Å². The van der Waals surface area contributed by atoms with Crippen LogP contribution in [0.5, 0.6) is 0 Å². The van der Waals surface area contributed by atoms with Gasteiger partial charge in [-0.2, -0.15) is 35.1 Å². The average Bonchev–Trinajstić information content (AvgIpc) is 2.12. The Morgan fingerprint density at radius 3 is 1.38 bits per heavy atom. The maximum absolute atomic E-state index is 12.6. The minimum Gasteiger partial charge on any atom is -0.204 e. The van der Waals surface area contributed by atoms with Gasteiger partial charge in [0.25, 0.3) is 0 Å². The highest BCUT2D eigenvalue weighted by Gasteiger charge is 2.86. The summed E-state index contributed by atoms with van der Waals surface area (Å²) in [6, 6.07) is 0. The smallest absolute Gasteiger partial charge is 0.204 e. The number of hydrogen-bond acceptors (Lipinski definition) is 0. The van der Waals surface area contributed by atoms with Crippen LogP contribution in [0.3, 0.4) is 0 Å². The van der Waals surface area contributed by atoms with Crippen molar-refractivity contribution in [3.63, 3.8) is 0 Å². The molecular formula is C6F9I. The van der Waals surface area contributed by atoms with Crippen LogP contribution in [0.1, 0.15) is 0 Å². The third-order valence-electron chi connectivity index (χ3n) is 1.93. The molecule has 16 heavy (non-hydrogen) atoms. The first-order valence-electron chi connectivity index (χ1n) is 3.39. The van der Waals surface area contributed by atoms with Gasteiger partial charge in [-0.15, -0.1) is 0 Å². The van der Waals surface area contributed by atoms with Crippen molar-refractivity contribution in [3.8, 4) is 0 Å². The van der Waals surface area contributed by atoms with Gasteiger partial charge in [-0.1, -0.05) is 0 Å². The lowest BCUT2D eigenvalue weighted by atomic mass is 9.91. The number of rotatable bonds is 0. The Labute approximate surface area is 95.6 Å². The number of alkyl halides is 8. The fraction of sp³-hybridized carbons (Fsp3) is 0.667. The first-order valence-corrected chi connectivity index (χ1v) is 4.47. The van der Waals surface area contributed by atoms with E-state index in [0.717, 1.165) is 0 Å². The molecule has 1 aliphatic rings. The lowest BCUT2D eigenvalue weighted by molar-refractivity contribution is -0.360. The molecule has 1 rings (SSSR count). The van der Waals surface area contributed by atoms with Gasteiger partial charge in [-0.3, -0.25) is 0 Å². The van der Waals surface area contributed by atoms with Gasteiger partial charge < -0.3 is 0 Å². The fourth-order valence-electron chi connectivity index (χ4n) is 0.946. The largest absolute Gasteiger partial charge is 0.385 e. The maximum Gasteiger partial charge on any atom is 0.385 e. The van der Waals surface area contributed by atoms with Gasteiger partial charge in [0.1, 0.15) is 3.58 Å². The van der Waals surface area contributed by atoms with Crippen LogP contribution in [0.15, 0.2) is 9.41 Å². The molecule has 10 heteroatoms. The van der Waals surface area contributed by atoms with Crippen LogP contribution in [0.2, 0.25) is 0 Å². The minimum absolute atomic E-state index is 0.154. The molecule has 0 saturated heterocycles. The highest BCUT2D eigenvalue weighted by atomic mass is 127. The van der Waals surface area contributed by atoms with Crippen molar-refractivity contribution in [2.24, 2.45) is 0 Å². The van der Waals surface area contributed by atoms with E-state index in [9.17, 15) is 39.5 Å². The zero-order valence-electron chi connectivity index (χ0n) is 6.78. The minimum atomic E-state index is -6.50. The first-order chi connectivity index (χ1) is 6.82. The third-order valence-corrected chi connectivity index (χ3v) is 3.08. The van der Waals surface area contributed by atoms with E-state index in [-0.39, 0.29) is 22.6 Å². The summed E-state index contributed by atoms with van der Waals surface area (Å²) < 4.78 is 110. The Balaban J connectivity index is 3.64. The summed E-state index contributed by atoms with van der Waals surface area (Å²) in [5.41, 5.74) is 0. The van der Waals surface area contributed by atoms with Crippen LogP contribution < -0.4 is 0 Å². The van der Waals surface area contributed by atoms with Crippen LogP contribution >= 0.6 is 22.6 Å². The van der Waals surface area contributed by atoms with Gasteiger partial charge >= 0.3 is 23.7 Å². The van der Waals surface area contributed by atoms with Gasteiger partial charge in [0, 0.05) is 0 Å². The van der Waals surface area contributed by atoms with E-state index in [4.69, 9.17) is 0 Å². The van der Waals surface area contributed by atoms with E-state index < -0.39 is 33.1 Å². The molecule has 0 fully saturated rings. The third kappa shape index (κ3) is 1.24. The zero-order valence-corrected chi connectivity index (χ0v) is 8.94. The molecule has 1 aliphatic carbocycles. The molecule has 0 nitrogen and oxygen atoms in total. The van der Waals surface area contributed by atoms with Crippen molar-refractivity contribution in [1.82, 2.24) is 0 Å². The quantitative estimate of drug-likeness (QED) is 0.444. The molecule has 0 atom stereocenters. The highest BCUT2D eigenvalue weighted by Crippen LogP contribution is 2.63. The molecule has 0 unspecified atom stereocenters. The molecule has 0 N–H and O–H groups in total. The second-order valence-electron chi connectivity index (χ2n) is 2.93. The predicted molar refractivity (Wildman–Crippen MR) is 41.9 cm³/mol. The lowest BCUT2D eigenvalue weighted by Crippen LogP contribution is -2.66. The summed E-state index contributed by atoms with van der Waals surface area (Å²) in [5.74, 6) is -27.7.